The molecule has 0 aromatic heterocycles. The van der Waals surface area contributed by atoms with Gasteiger partial charge < -0.3 is 9.47 Å². The molecule has 0 bridgehead atoms. The van der Waals surface area contributed by atoms with Crippen LogP contribution in [0.5, 0.6) is 0 Å². The lowest BCUT2D eigenvalue weighted by Gasteiger charge is -2.42. The molecule has 4 nitrogen and oxygen atoms in total. The average molecular weight is 972 g/mol. The van der Waals surface area contributed by atoms with Crippen LogP contribution in [0, 0.1) is 0 Å². The molecule has 0 aliphatic rings. The minimum atomic E-state index is -8.67. The van der Waals surface area contributed by atoms with Crippen LogP contribution in [0.1, 0.15) is 6.42 Å². The van der Waals surface area contributed by atoms with E-state index in [0.29, 0.717) is 0 Å². The number of esters is 2. The summed E-state index contributed by atoms with van der Waals surface area (Å²) in [6, 6.07) is 0. The number of carbonyl (C=O) groups is 2. The molecular formula is C24H12F32O4. The van der Waals surface area contributed by atoms with E-state index in [1.54, 1.807) is 0 Å². The highest BCUT2D eigenvalue weighted by atomic mass is 19.4. The third-order valence-electron chi connectivity index (χ3n) is 6.57. The number of hydrogen-bond donors (Lipinski definition) is 0. The van der Waals surface area contributed by atoms with Crippen LogP contribution in [0.2, 0.25) is 0 Å². The summed E-state index contributed by atoms with van der Waals surface area (Å²) < 4.78 is 418. The van der Waals surface area contributed by atoms with Gasteiger partial charge in [0.25, 0.3) is 0 Å². The van der Waals surface area contributed by atoms with Crippen LogP contribution < -0.4 is 0 Å². The molecular weight excluding hydrogens is 960 g/mol. The normalized spacial score (nSPS) is 15.5. The maximum atomic E-state index is 13.4. The Morgan fingerprint density at radius 2 is 0.550 bits per heavy atom. The molecule has 0 N–H and O–H groups in total. The topological polar surface area (TPSA) is 52.6 Å². The zero-order valence-corrected chi connectivity index (χ0v) is 26.9. The Kier molecular flexibility index (Phi) is 16.0. The zero-order valence-electron chi connectivity index (χ0n) is 26.9. The van der Waals surface area contributed by atoms with Gasteiger partial charge in [-0.25, -0.2) is 9.59 Å². The highest BCUT2D eigenvalue weighted by Crippen LogP contribution is 2.65. The lowest BCUT2D eigenvalue weighted by molar-refractivity contribution is -0.461. The van der Waals surface area contributed by atoms with Crippen LogP contribution in [-0.2, 0) is 19.1 Å². The van der Waals surface area contributed by atoms with Gasteiger partial charge in [-0.05, 0) is 0 Å². The summed E-state index contributed by atoms with van der Waals surface area (Å²) in [6.07, 6.45) is -18.1. The molecule has 0 fully saturated rings. The predicted octanol–water partition coefficient (Wildman–Crippen LogP) is 11.2. The average Bonchev–Trinajstić information content (AvgIpc) is 3.05. The Hall–Kier alpha value is -3.82. The van der Waals surface area contributed by atoms with E-state index in [2.05, 4.69) is 22.6 Å². The monoisotopic (exact) mass is 972 g/mol. The molecule has 0 aromatic rings. The fourth-order valence-corrected chi connectivity index (χ4v) is 3.00. The Balaban J connectivity index is 0. The number of carbonyl (C=O) groups excluding carboxylic acids is 2. The molecule has 0 aromatic carbocycles. The van der Waals surface area contributed by atoms with E-state index < -0.39 is 121 Å². The third kappa shape index (κ3) is 9.04. The van der Waals surface area contributed by atoms with E-state index in [9.17, 15) is 150 Å². The van der Waals surface area contributed by atoms with Gasteiger partial charge in [-0.15, -0.1) is 0 Å². The van der Waals surface area contributed by atoms with Crippen molar-refractivity contribution in [3.8, 4) is 0 Å². The molecule has 0 saturated heterocycles. The Labute approximate surface area is 307 Å². The Morgan fingerprint density at radius 1 is 0.333 bits per heavy atom. The van der Waals surface area contributed by atoms with Gasteiger partial charge >= 0.3 is 101 Å². The molecule has 356 valence electrons. The highest BCUT2D eigenvalue weighted by Gasteiger charge is 2.96. The second-order valence-electron chi connectivity index (χ2n) is 10.7. The van der Waals surface area contributed by atoms with Gasteiger partial charge in [0.15, 0.2) is 6.61 Å². The first kappa shape index (κ1) is 58.3. The van der Waals surface area contributed by atoms with E-state index in [4.69, 9.17) is 0 Å². The molecule has 0 rings (SSSR count). The summed E-state index contributed by atoms with van der Waals surface area (Å²) in [5, 5.41) is 0. The number of halogens is 32. The number of alkyl halides is 32. The second kappa shape index (κ2) is 16.5. The maximum absolute atomic E-state index is 13.4. The molecule has 0 aliphatic heterocycles. The minimum absolute atomic E-state index is 0.0149. The maximum Gasteiger partial charge on any atom is 0.460 e. The quantitative estimate of drug-likeness (QED) is 0.0780. The van der Waals surface area contributed by atoms with Gasteiger partial charge in [-0.1, -0.05) is 13.2 Å². The summed E-state index contributed by atoms with van der Waals surface area (Å²) >= 11 is 0. The van der Waals surface area contributed by atoms with Gasteiger partial charge in [0, 0.05) is 12.2 Å². The van der Waals surface area contributed by atoms with E-state index in [-0.39, 0.29) is 12.2 Å². The predicted molar refractivity (Wildman–Crippen MR) is 123 cm³/mol. The smallest absolute Gasteiger partial charge is 0.460 e. The van der Waals surface area contributed by atoms with Gasteiger partial charge in [0.1, 0.15) is 0 Å². The van der Waals surface area contributed by atoms with Crippen molar-refractivity contribution in [3.05, 3.63) is 25.3 Å². The fourth-order valence-electron chi connectivity index (χ4n) is 3.00. The summed E-state index contributed by atoms with van der Waals surface area (Å²) in [7, 11) is 0. The molecule has 60 heavy (non-hydrogen) atoms. The van der Waals surface area contributed by atoms with Gasteiger partial charge in [-0.3, -0.25) is 0 Å². The summed E-state index contributed by atoms with van der Waals surface area (Å²) in [4.78, 5) is 21.0. The van der Waals surface area contributed by atoms with Crippen molar-refractivity contribution in [3.63, 3.8) is 0 Å². The molecule has 0 spiro atoms. The van der Waals surface area contributed by atoms with Crippen molar-refractivity contribution < 1.29 is 160 Å². The largest absolute Gasteiger partial charge is 0.462 e. The molecule has 0 saturated carbocycles. The summed E-state index contributed by atoms with van der Waals surface area (Å²) in [5.41, 5.74) is 0. The molecule has 36 heteroatoms. The first-order valence-electron chi connectivity index (χ1n) is 13.3. The zero-order chi connectivity index (χ0) is 49.6. The Bertz CT molecular complexity index is 1530. The third-order valence-corrected chi connectivity index (χ3v) is 6.57. The first-order chi connectivity index (χ1) is 25.7. The van der Waals surface area contributed by atoms with E-state index in [1.807, 2.05) is 0 Å². The molecule has 0 atom stereocenters. The van der Waals surface area contributed by atoms with Crippen molar-refractivity contribution in [2.75, 3.05) is 13.2 Å². The van der Waals surface area contributed by atoms with Crippen molar-refractivity contribution >= 4 is 11.9 Å². The standard InChI is InChI=1S/C13H7F17O2.C11H5F15O2/c1-2-5(31)32-4-3-6(14,15)7(16,17)8(18,19)9(20,21)10(22,23)11(24,25)12(26,27)13(28,29)30;1-2-4(27)28-3-5(12,13)6(14,15)7(16,17)8(18,19)9(20,21)10(22,23)11(24,25)26/h2H,1,3-4H2;2H,1,3H2. The summed E-state index contributed by atoms with van der Waals surface area (Å²) in [6.45, 7) is 0.0265. The first-order valence-corrected chi connectivity index (χ1v) is 13.3. The van der Waals surface area contributed by atoms with Crippen molar-refractivity contribution in [1.29, 1.82) is 0 Å². The number of hydrogen-bond acceptors (Lipinski definition) is 4. The lowest BCUT2D eigenvalue weighted by Crippen LogP contribution is -2.74. The van der Waals surface area contributed by atoms with Gasteiger partial charge in [0.05, 0.1) is 13.0 Å². The molecule has 0 heterocycles. The van der Waals surface area contributed by atoms with Crippen LogP contribution in [0.25, 0.3) is 0 Å². The van der Waals surface area contributed by atoms with Crippen molar-refractivity contribution in [1.82, 2.24) is 0 Å². The molecule has 0 unspecified atom stereocenters. The SMILES string of the molecule is C=CC(=O)OCC(F)(F)C(F)(F)C(F)(F)C(F)(F)C(F)(F)C(F)(F)C(F)(F)F.C=CC(=O)OCCC(F)(F)C(F)(F)C(F)(F)C(F)(F)C(F)(F)C(F)(F)C(F)(F)C(F)(F)F. The van der Waals surface area contributed by atoms with E-state index >= 15 is 0 Å². The van der Waals surface area contributed by atoms with Crippen LogP contribution in [0.3, 0.4) is 0 Å². The van der Waals surface area contributed by atoms with Crippen molar-refractivity contribution in [2.24, 2.45) is 0 Å². The van der Waals surface area contributed by atoms with Crippen LogP contribution >= 0.6 is 0 Å². The van der Waals surface area contributed by atoms with Crippen LogP contribution in [0.15, 0.2) is 25.3 Å². The van der Waals surface area contributed by atoms with Crippen molar-refractivity contribution in [2.45, 2.75) is 95.8 Å². The molecule has 0 aliphatic carbocycles. The van der Waals surface area contributed by atoms with Gasteiger partial charge in [0.2, 0.25) is 0 Å². The van der Waals surface area contributed by atoms with Crippen LogP contribution in [0.4, 0.5) is 140 Å². The minimum Gasteiger partial charge on any atom is -0.462 e. The number of rotatable bonds is 18. The fraction of sp³-hybridized carbons (Fsp3) is 0.750. The van der Waals surface area contributed by atoms with E-state index in [0.717, 1.165) is 0 Å². The molecule has 0 amide bonds. The summed E-state index contributed by atoms with van der Waals surface area (Å²) in [5.74, 6) is -108. The lowest BCUT2D eigenvalue weighted by atomic mass is 9.88. The number of ether oxygens (including phenoxy) is 2. The second-order valence-corrected chi connectivity index (χ2v) is 10.7. The van der Waals surface area contributed by atoms with Gasteiger partial charge in [-0.2, -0.15) is 140 Å². The van der Waals surface area contributed by atoms with Crippen LogP contribution in [-0.4, -0.2) is 114 Å². The Morgan fingerprint density at radius 3 is 0.800 bits per heavy atom. The highest BCUT2D eigenvalue weighted by molar-refractivity contribution is 5.81. The van der Waals surface area contributed by atoms with E-state index in [1.165, 1.54) is 0 Å². The molecule has 0 radical (unpaired) electrons.